The lowest BCUT2D eigenvalue weighted by atomic mass is 10.2. The molecule has 1 aromatic heterocycles. The molecule has 0 fully saturated rings. The van der Waals surface area contributed by atoms with Gasteiger partial charge in [0.05, 0.1) is 13.2 Å². The average molecular weight is 305 g/mol. The second-order valence-corrected chi connectivity index (χ2v) is 4.44. The van der Waals surface area contributed by atoms with Crippen LogP contribution in [0.5, 0.6) is 5.75 Å². The van der Waals surface area contributed by atoms with Crippen molar-refractivity contribution in [1.82, 2.24) is 25.5 Å². The number of benzene rings is 1. The molecular formula is C14H19N5O3. The van der Waals surface area contributed by atoms with Crippen LogP contribution in [0.1, 0.15) is 6.92 Å². The van der Waals surface area contributed by atoms with Gasteiger partial charge in [0.1, 0.15) is 12.3 Å². The second kappa shape index (κ2) is 8.08. The second-order valence-electron chi connectivity index (χ2n) is 4.44. The number of amides is 1. The molecule has 8 heteroatoms. The molecule has 1 N–H and O–H groups in total. The van der Waals surface area contributed by atoms with Crippen LogP contribution in [-0.2, 0) is 16.1 Å². The van der Waals surface area contributed by atoms with E-state index in [4.69, 9.17) is 9.47 Å². The van der Waals surface area contributed by atoms with Crippen molar-refractivity contribution >= 4 is 5.91 Å². The summed E-state index contributed by atoms with van der Waals surface area (Å²) in [6, 6.07) is 7.39. The standard InChI is InChI=1S/C14H19N5O3/c1-3-22-12-6-4-11(5-7-12)14-16-18-19(17-14)10-13(20)15-8-9-21-2/h4-7H,3,8-10H2,1-2H3,(H,15,20). The Labute approximate surface area is 128 Å². The molecule has 2 rings (SSSR count). The number of nitrogens with zero attached hydrogens (tertiary/aromatic N) is 4. The molecule has 0 radical (unpaired) electrons. The summed E-state index contributed by atoms with van der Waals surface area (Å²) in [5.74, 6) is 1.07. The molecule has 8 nitrogen and oxygen atoms in total. The van der Waals surface area contributed by atoms with E-state index in [2.05, 4.69) is 20.7 Å². The van der Waals surface area contributed by atoms with Crippen molar-refractivity contribution in [2.75, 3.05) is 26.9 Å². The van der Waals surface area contributed by atoms with Crippen molar-refractivity contribution in [1.29, 1.82) is 0 Å². The van der Waals surface area contributed by atoms with Gasteiger partial charge in [-0.25, -0.2) is 0 Å². The topological polar surface area (TPSA) is 91.2 Å². The van der Waals surface area contributed by atoms with E-state index in [-0.39, 0.29) is 12.5 Å². The molecule has 0 bridgehead atoms. The van der Waals surface area contributed by atoms with Crippen molar-refractivity contribution in [2.45, 2.75) is 13.5 Å². The molecule has 22 heavy (non-hydrogen) atoms. The van der Waals surface area contributed by atoms with Gasteiger partial charge in [0.25, 0.3) is 0 Å². The summed E-state index contributed by atoms with van der Waals surface area (Å²) in [5.41, 5.74) is 0.814. The molecule has 0 aliphatic carbocycles. The summed E-state index contributed by atoms with van der Waals surface area (Å²) in [7, 11) is 1.58. The fourth-order valence-electron chi connectivity index (χ4n) is 1.77. The quantitative estimate of drug-likeness (QED) is 0.714. The number of aromatic nitrogens is 4. The summed E-state index contributed by atoms with van der Waals surface area (Å²) < 4.78 is 10.2. The molecule has 2 aromatic rings. The number of tetrazole rings is 1. The van der Waals surface area contributed by atoms with Gasteiger partial charge in [-0.2, -0.15) is 4.80 Å². The third-order valence-electron chi connectivity index (χ3n) is 2.79. The van der Waals surface area contributed by atoms with Crippen LogP contribution in [0, 0.1) is 0 Å². The summed E-state index contributed by atoms with van der Waals surface area (Å²) >= 11 is 0. The number of ether oxygens (including phenoxy) is 2. The first-order valence-corrected chi connectivity index (χ1v) is 6.99. The Morgan fingerprint density at radius 1 is 1.32 bits per heavy atom. The Morgan fingerprint density at radius 2 is 2.09 bits per heavy atom. The number of methoxy groups -OCH3 is 1. The van der Waals surface area contributed by atoms with Gasteiger partial charge in [0.2, 0.25) is 11.7 Å². The molecule has 1 aromatic carbocycles. The number of carbonyl (C=O) groups excluding carboxylic acids is 1. The highest BCUT2D eigenvalue weighted by Crippen LogP contribution is 2.18. The van der Waals surface area contributed by atoms with E-state index >= 15 is 0 Å². The van der Waals surface area contributed by atoms with Gasteiger partial charge in [-0.1, -0.05) is 0 Å². The molecule has 0 unspecified atom stereocenters. The Hall–Kier alpha value is -2.48. The van der Waals surface area contributed by atoms with E-state index in [0.717, 1.165) is 11.3 Å². The van der Waals surface area contributed by atoms with Crippen LogP contribution in [0.15, 0.2) is 24.3 Å². The minimum Gasteiger partial charge on any atom is -0.494 e. The van der Waals surface area contributed by atoms with Crippen molar-refractivity contribution in [2.24, 2.45) is 0 Å². The zero-order valence-electron chi connectivity index (χ0n) is 12.7. The van der Waals surface area contributed by atoms with Crippen molar-refractivity contribution in [3.63, 3.8) is 0 Å². The van der Waals surface area contributed by atoms with E-state index in [9.17, 15) is 4.79 Å². The SMILES string of the molecule is CCOc1ccc(-c2nnn(CC(=O)NCCOC)n2)cc1. The molecule has 0 saturated carbocycles. The van der Waals surface area contributed by atoms with Crippen molar-refractivity contribution in [3.05, 3.63) is 24.3 Å². The average Bonchev–Trinajstić information content (AvgIpc) is 2.97. The van der Waals surface area contributed by atoms with Gasteiger partial charge in [0, 0.05) is 19.2 Å². The molecular weight excluding hydrogens is 286 g/mol. The van der Waals surface area contributed by atoms with Crippen molar-refractivity contribution < 1.29 is 14.3 Å². The number of hydrogen-bond acceptors (Lipinski definition) is 6. The lowest BCUT2D eigenvalue weighted by molar-refractivity contribution is -0.122. The zero-order chi connectivity index (χ0) is 15.8. The minimum absolute atomic E-state index is 0.0216. The molecule has 0 atom stereocenters. The number of nitrogens with one attached hydrogen (secondary N) is 1. The zero-order valence-corrected chi connectivity index (χ0v) is 12.7. The maximum absolute atomic E-state index is 11.6. The minimum atomic E-state index is -0.187. The van der Waals surface area contributed by atoms with E-state index in [0.29, 0.717) is 25.6 Å². The van der Waals surface area contributed by atoms with E-state index < -0.39 is 0 Å². The van der Waals surface area contributed by atoms with E-state index in [1.807, 2.05) is 31.2 Å². The highest BCUT2D eigenvalue weighted by atomic mass is 16.5. The number of rotatable bonds is 8. The number of hydrogen-bond donors (Lipinski definition) is 1. The van der Waals surface area contributed by atoms with Crippen LogP contribution in [-0.4, -0.2) is 53.0 Å². The first-order chi connectivity index (χ1) is 10.7. The predicted molar refractivity (Wildman–Crippen MR) is 79.3 cm³/mol. The van der Waals surface area contributed by atoms with Crippen LogP contribution in [0.2, 0.25) is 0 Å². The Morgan fingerprint density at radius 3 is 2.77 bits per heavy atom. The first-order valence-electron chi connectivity index (χ1n) is 6.99. The molecule has 0 spiro atoms. The predicted octanol–water partition coefficient (Wildman–Crippen LogP) is 0.501. The number of carbonyl (C=O) groups is 1. The summed E-state index contributed by atoms with van der Waals surface area (Å²) in [5, 5.41) is 14.7. The van der Waals surface area contributed by atoms with Crippen molar-refractivity contribution in [3.8, 4) is 17.1 Å². The molecule has 0 aliphatic rings. The lowest BCUT2D eigenvalue weighted by Gasteiger charge is -2.03. The Balaban J connectivity index is 1.94. The highest BCUT2D eigenvalue weighted by molar-refractivity contribution is 5.75. The van der Waals surface area contributed by atoms with Crippen LogP contribution in [0.3, 0.4) is 0 Å². The van der Waals surface area contributed by atoms with Crippen LogP contribution < -0.4 is 10.1 Å². The highest BCUT2D eigenvalue weighted by Gasteiger charge is 2.09. The fourth-order valence-corrected chi connectivity index (χ4v) is 1.77. The molecule has 118 valence electrons. The molecule has 1 amide bonds. The van der Waals surface area contributed by atoms with Gasteiger partial charge in [0.15, 0.2) is 0 Å². The maximum Gasteiger partial charge on any atom is 0.243 e. The van der Waals surface area contributed by atoms with Gasteiger partial charge >= 0.3 is 0 Å². The lowest BCUT2D eigenvalue weighted by Crippen LogP contribution is -2.31. The first kappa shape index (κ1) is 15.9. The van der Waals surface area contributed by atoms with E-state index in [1.165, 1.54) is 4.80 Å². The Kier molecular flexibility index (Phi) is 5.84. The summed E-state index contributed by atoms with van der Waals surface area (Å²) in [6.45, 7) is 3.49. The monoisotopic (exact) mass is 305 g/mol. The smallest absolute Gasteiger partial charge is 0.243 e. The fraction of sp³-hybridized carbons (Fsp3) is 0.429. The maximum atomic E-state index is 11.6. The van der Waals surface area contributed by atoms with Gasteiger partial charge in [-0.3, -0.25) is 4.79 Å². The summed E-state index contributed by atoms with van der Waals surface area (Å²) in [6.07, 6.45) is 0. The largest absolute Gasteiger partial charge is 0.494 e. The van der Waals surface area contributed by atoms with Gasteiger partial charge in [-0.15, -0.1) is 10.2 Å². The molecule has 1 heterocycles. The van der Waals surface area contributed by atoms with Gasteiger partial charge in [-0.05, 0) is 36.4 Å². The third-order valence-corrected chi connectivity index (χ3v) is 2.79. The normalized spacial score (nSPS) is 10.5. The van der Waals surface area contributed by atoms with Gasteiger partial charge < -0.3 is 14.8 Å². The molecule has 0 aliphatic heterocycles. The van der Waals surface area contributed by atoms with E-state index in [1.54, 1.807) is 7.11 Å². The molecule has 0 saturated heterocycles. The van der Waals surface area contributed by atoms with Crippen LogP contribution >= 0.6 is 0 Å². The third kappa shape index (κ3) is 4.52. The Bertz CT molecular complexity index is 597. The van der Waals surface area contributed by atoms with Crippen LogP contribution in [0.4, 0.5) is 0 Å². The van der Waals surface area contributed by atoms with Crippen LogP contribution in [0.25, 0.3) is 11.4 Å². The summed E-state index contributed by atoms with van der Waals surface area (Å²) in [4.78, 5) is 12.9.